The van der Waals surface area contributed by atoms with Gasteiger partial charge < -0.3 is 18.9 Å². The van der Waals surface area contributed by atoms with E-state index >= 15 is 0 Å². The monoisotopic (exact) mass is 475 g/mol. The van der Waals surface area contributed by atoms with Crippen molar-refractivity contribution in [1.29, 1.82) is 0 Å². The molecule has 3 aromatic rings. The summed E-state index contributed by atoms with van der Waals surface area (Å²) in [6.07, 6.45) is 9.01. The predicted octanol–water partition coefficient (Wildman–Crippen LogP) is 5.25. The first-order valence-electron chi connectivity index (χ1n) is 12.1. The van der Waals surface area contributed by atoms with Crippen LogP contribution in [-0.2, 0) is 9.53 Å². The molecule has 3 heterocycles. The first-order chi connectivity index (χ1) is 17.0. The van der Waals surface area contributed by atoms with E-state index in [1.807, 2.05) is 46.9 Å². The van der Waals surface area contributed by atoms with Crippen LogP contribution < -0.4 is 4.74 Å². The Labute approximate surface area is 205 Å². The summed E-state index contributed by atoms with van der Waals surface area (Å²) in [6.45, 7) is 3.29. The first kappa shape index (κ1) is 23.3. The minimum absolute atomic E-state index is 0.00866. The Kier molecular flexibility index (Phi) is 6.68. The molecule has 1 amide bonds. The fraction of sp³-hybridized carbons (Fsp3) is 0.357. The number of carbonyl (C=O) groups excluding carboxylic acids is 1. The van der Waals surface area contributed by atoms with Gasteiger partial charge >= 0.3 is 0 Å². The summed E-state index contributed by atoms with van der Waals surface area (Å²) in [4.78, 5) is 19.9. The number of piperidine rings is 1. The topological polar surface area (TPSA) is 56.6 Å². The zero-order valence-electron chi connectivity index (χ0n) is 20.1. The van der Waals surface area contributed by atoms with Crippen molar-refractivity contribution in [1.82, 2.24) is 14.5 Å². The molecule has 7 heteroatoms. The van der Waals surface area contributed by atoms with E-state index in [2.05, 4.69) is 4.98 Å². The minimum Gasteiger partial charge on any atom is -0.495 e. The lowest BCUT2D eigenvalue weighted by atomic mass is 9.93. The van der Waals surface area contributed by atoms with Crippen LogP contribution in [0.2, 0.25) is 0 Å². The highest BCUT2D eigenvalue weighted by molar-refractivity contribution is 5.99. The van der Waals surface area contributed by atoms with Gasteiger partial charge in [0, 0.05) is 24.9 Å². The number of likely N-dealkylation sites (tertiary alicyclic amines) is 1. The van der Waals surface area contributed by atoms with Crippen LogP contribution in [0.15, 0.2) is 60.6 Å². The van der Waals surface area contributed by atoms with Gasteiger partial charge in [-0.2, -0.15) is 0 Å². The quantitative estimate of drug-likeness (QED) is 0.457. The van der Waals surface area contributed by atoms with E-state index in [1.54, 1.807) is 25.6 Å². The van der Waals surface area contributed by atoms with Gasteiger partial charge in [-0.15, -0.1) is 0 Å². The molecular weight excluding hydrogens is 445 g/mol. The third-order valence-electron chi connectivity index (χ3n) is 6.78. The molecule has 182 valence electrons. The van der Waals surface area contributed by atoms with E-state index in [4.69, 9.17) is 9.47 Å². The number of aryl methyl sites for hydroxylation is 1. The normalized spacial score (nSPS) is 20.4. The van der Waals surface area contributed by atoms with E-state index in [-0.39, 0.29) is 23.9 Å². The fourth-order valence-corrected chi connectivity index (χ4v) is 5.09. The summed E-state index contributed by atoms with van der Waals surface area (Å²) < 4.78 is 27.2. The number of nitrogens with zero attached hydrogens (tertiary/aromatic N) is 3. The number of amides is 1. The van der Waals surface area contributed by atoms with Gasteiger partial charge in [0.25, 0.3) is 0 Å². The van der Waals surface area contributed by atoms with Crippen molar-refractivity contribution in [3.8, 4) is 11.4 Å². The fourth-order valence-electron chi connectivity index (χ4n) is 5.09. The van der Waals surface area contributed by atoms with Crippen LogP contribution in [0.4, 0.5) is 4.39 Å². The third kappa shape index (κ3) is 4.86. The Bertz CT molecular complexity index is 1230. The lowest BCUT2D eigenvalue weighted by Gasteiger charge is -2.38. The van der Waals surface area contributed by atoms with Gasteiger partial charge in [-0.25, -0.2) is 9.37 Å². The molecule has 0 bridgehead atoms. The van der Waals surface area contributed by atoms with Crippen LogP contribution in [-0.4, -0.2) is 46.7 Å². The standard InChI is InChI=1S/C28H30FN3O3/c1-19-17-31(18-30-19)24-12-7-20(16-26(24)34-2)15-22-5-3-13-32(28(22)33)27(25-6-4-14-35-25)21-8-10-23(29)11-9-21/h7-12,15-18,25,27H,3-6,13-14H2,1-2H3/t25-,27-/m0/s1. The molecule has 2 atom stereocenters. The number of carbonyl (C=O) groups is 1. The van der Waals surface area contributed by atoms with Crippen LogP contribution in [0.25, 0.3) is 11.8 Å². The Morgan fingerprint density at radius 3 is 2.71 bits per heavy atom. The molecule has 0 saturated carbocycles. The molecule has 2 saturated heterocycles. The van der Waals surface area contributed by atoms with E-state index in [9.17, 15) is 9.18 Å². The van der Waals surface area contributed by atoms with Gasteiger partial charge in [0.2, 0.25) is 5.91 Å². The number of benzene rings is 2. The molecule has 1 aromatic heterocycles. The lowest BCUT2D eigenvalue weighted by Crippen LogP contribution is -2.44. The molecule has 0 spiro atoms. The predicted molar refractivity (Wildman–Crippen MR) is 132 cm³/mol. The highest BCUT2D eigenvalue weighted by atomic mass is 19.1. The second kappa shape index (κ2) is 10.0. The van der Waals surface area contributed by atoms with Gasteiger partial charge in [0.15, 0.2) is 0 Å². The summed E-state index contributed by atoms with van der Waals surface area (Å²) in [5.74, 6) is 0.434. The van der Waals surface area contributed by atoms with Crippen molar-refractivity contribution in [3.63, 3.8) is 0 Å². The summed E-state index contributed by atoms with van der Waals surface area (Å²) in [7, 11) is 1.64. The summed E-state index contributed by atoms with van der Waals surface area (Å²) in [6, 6.07) is 12.1. The van der Waals surface area contributed by atoms with Crippen molar-refractivity contribution >= 4 is 12.0 Å². The van der Waals surface area contributed by atoms with Gasteiger partial charge in [-0.1, -0.05) is 18.2 Å². The van der Waals surface area contributed by atoms with E-state index in [0.29, 0.717) is 25.3 Å². The summed E-state index contributed by atoms with van der Waals surface area (Å²) in [5.41, 5.74) is 4.39. The highest BCUT2D eigenvalue weighted by Gasteiger charge is 2.37. The van der Waals surface area contributed by atoms with E-state index in [1.165, 1.54) is 12.1 Å². The average molecular weight is 476 g/mol. The molecule has 5 rings (SSSR count). The molecule has 2 aliphatic heterocycles. The van der Waals surface area contributed by atoms with Crippen molar-refractivity contribution < 1.29 is 18.7 Å². The zero-order chi connectivity index (χ0) is 24.4. The van der Waals surface area contributed by atoms with Crippen LogP contribution in [0.3, 0.4) is 0 Å². The Morgan fingerprint density at radius 1 is 1.20 bits per heavy atom. The average Bonchev–Trinajstić information content (AvgIpc) is 3.55. The second-order valence-electron chi connectivity index (χ2n) is 9.17. The molecule has 35 heavy (non-hydrogen) atoms. The lowest BCUT2D eigenvalue weighted by molar-refractivity contribution is -0.134. The van der Waals surface area contributed by atoms with Crippen molar-refractivity contribution in [3.05, 3.63) is 83.2 Å². The molecule has 0 N–H and O–H groups in total. The molecule has 0 radical (unpaired) electrons. The molecular formula is C28H30FN3O3. The van der Waals surface area contributed by atoms with E-state index < -0.39 is 0 Å². The van der Waals surface area contributed by atoms with E-state index in [0.717, 1.165) is 47.3 Å². The number of aromatic nitrogens is 2. The van der Waals surface area contributed by atoms with Crippen LogP contribution >= 0.6 is 0 Å². The largest absolute Gasteiger partial charge is 0.495 e. The Hall–Kier alpha value is -3.45. The van der Waals surface area contributed by atoms with Crippen LogP contribution in [0.1, 0.15) is 48.5 Å². The second-order valence-corrected chi connectivity index (χ2v) is 9.17. The van der Waals surface area contributed by atoms with Crippen molar-refractivity contribution in [2.45, 2.75) is 44.8 Å². The molecule has 2 fully saturated rings. The SMILES string of the molecule is COc1cc(C=C2CCCN([C@@H](c3ccc(F)cc3)[C@@H]3CCCO3)C2=O)ccc1-n1cnc(C)c1. The number of hydrogen-bond acceptors (Lipinski definition) is 4. The first-order valence-corrected chi connectivity index (χ1v) is 12.1. The van der Waals surface area contributed by atoms with Crippen LogP contribution in [0, 0.1) is 12.7 Å². The van der Waals surface area contributed by atoms with Gasteiger partial charge in [-0.05, 0) is 74.1 Å². The van der Waals surface area contributed by atoms with Gasteiger partial charge in [0.05, 0.1) is 37.0 Å². The maximum atomic E-state index is 13.7. The number of halogens is 1. The number of imidazole rings is 1. The molecule has 0 aliphatic carbocycles. The molecule has 2 aliphatic rings. The Morgan fingerprint density at radius 2 is 2.03 bits per heavy atom. The zero-order valence-corrected chi connectivity index (χ0v) is 20.1. The van der Waals surface area contributed by atoms with Crippen molar-refractivity contribution in [2.24, 2.45) is 0 Å². The number of rotatable bonds is 6. The number of hydrogen-bond donors (Lipinski definition) is 0. The summed E-state index contributed by atoms with van der Waals surface area (Å²) >= 11 is 0. The highest BCUT2D eigenvalue weighted by Crippen LogP contribution is 2.36. The van der Waals surface area contributed by atoms with Crippen molar-refractivity contribution in [2.75, 3.05) is 20.3 Å². The minimum atomic E-state index is -0.284. The maximum Gasteiger partial charge on any atom is 0.250 e. The molecule has 0 unspecified atom stereocenters. The smallest absolute Gasteiger partial charge is 0.250 e. The molecule has 2 aromatic carbocycles. The number of methoxy groups -OCH3 is 1. The van der Waals surface area contributed by atoms with Crippen LogP contribution in [0.5, 0.6) is 5.75 Å². The van der Waals surface area contributed by atoms with Gasteiger partial charge in [-0.3, -0.25) is 4.79 Å². The Balaban J connectivity index is 1.44. The van der Waals surface area contributed by atoms with Gasteiger partial charge in [0.1, 0.15) is 11.6 Å². The third-order valence-corrected chi connectivity index (χ3v) is 6.78. The summed E-state index contributed by atoms with van der Waals surface area (Å²) in [5, 5.41) is 0. The maximum absolute atomic E-state index is 13.7. The molecule has 6 nitrogen and oxygen atoms in total. The number of ether oxygens (including phenoxy) is 2.